The number of sulfonamides is 1. The summed E-state index contributed by atoms with van der Waals surface area (Å²) in [5.74, 6) is 0.292. The number of methoxy groups -OCH3 is 1. The largest absolute Gasteiger partial charge is 0.385 e. The lowest BCUT2D eigenvalue weighted by Crippen LogP contribution is -2.26. The van der Waals surface area contributed by atoms with Gasteiger partial charge in [0.15, 0.2) is 0 Å². The van der Waals surface area contributed by atoms with Crippen molar-refractivity contribution >= 4 is 32.7 Å². The van der Waals surface area contributed by atoms with Gasteiger partial charge in [0.05, 0.1) is 11.4 Å². The van der Waals surface area contributed by atoms with E-state index in [-0.39, 0.29) is 11.4 Å². The Morgan fingerprint density at radius 2 is 1.90 bits per heavy atom. The maximum atomic E-state index is 12.8. The van der Waals surface area contributed by atoms with E-state index in [4.69, 9.17) is 4.74 Å². The predicted octanol–water partition coefficient (Wildman–Crippen LogP) is 3.08. The van der Waals surface area contributed by atoms with Gasteiger partial charge in [-0.05, 0) is 36.8 Å². The molecule has 3 N–H and O–H groups in total. The Balaban J connectivity index is 1.61. The highest BCUT2D eigenvalue weighted by Crippen LogP contribution is 2.27. The highest BCUT2D eigenvalue weighted by Gasteiger charge is 2.18. The van der Waals surface area contributed by atoms with Crippen molar-refractivity contribution < 1.29 is 13.2 Å². The molecule has 0 spiro atoms. The molecule has 3 heterocycles. The lowest BCUT2D eigenvalue weighted by atomic mass is 10.1. The first-order chi connectivity index (χ1) is 15.1. The number of nitrogens with zero attached hydrogens (tertiary/aromatic N) is 3. The number of fused-ring (bicyclic) bond motifs is 1. The standard InChI is InChI=1S/C21H22N6O3S/c1-30-14-4-10-25-31(28,29)19-6-3-2-5-18(19)27-21-24-13-9-17(26-21)15-7-11-22-20-16(15)8-12-23-20/h2-3,5-9,11-13,25H,4,10,14H2,1H3,(H,22,23)(H,24,26,27). The highest BCUT2D eigenvalue weighted by molar-refractivity contribution is 7.89. The Bertz CT molecular complexity index is 1290. The topological polar surface area (TPSA) is 122 Å². The van der Waals surface area contributed by atoms with Gasteiger partial charge in [-0.3, -0.25) is 0 Å². The number of hydrogen-bond acceptors (Lipinski definition) is 7. The van der Waals surface area contributed by atoms with Crippen LogP contribution in [0.4, 0.5) is 11.6 Å². The Hall–Kier alpha value is -3.34. The van der Waals surface area contributed by atoms with Crippen LogP contribution in [0.15, 0.2) is 66.0 Å². The van der Waals surface area contributed by atoms with E-state index in [2.05, 4.69) is 30.0 Å². The van der Waals surface area contributed by atoms with Crippen LogP contribution in [-0.2, 0) is 14.8 Å². The first-order valence-electron chi connectivity index (χ1n) is 9.68. The molecular formula is C21H22N6O3S. The summed E-state index contributed by atoms with van der Waals surface area (Å²) in [6.45, 7) is 0.762. The van der Waals surface area contributed by atoms with E-state index in [0.29, 0.717) is 30.4 Å². The van der Waals surface area contributed by atoms with Gasteiger partial charge in [0, 0.05) is 49.8 Å². The van der Waals surface area contributed by atoms with E-state index >= 15 is 0 Å². The van der Waals surface area contributed by atoms with Crippen molar-refractivity contribution in [1.82, 2.24) is 24.7 Å². The lowest BCUT2D eigenvalue weighted by molar-refractivity contribution is 0.196. The number of benzene rings is 1. The smallest absolute Gasteiger partial charge is 0.242 e. The molecule has 0 saturated heterocycles. The lowest BCUT2D eigenvalue weighted by Gasteiger charge is -2.13. The molecule has 0 aliphatic rings. The van der Waals surface area contributed by atoms with Crippen molar-refractivity contribution in [2.75, 3.05) is 25.6 Å². The molecular weight excluding hydrogens is 416 g/mol. The van der Waals surface area contributed by atoms with Gasteiger partial charge in [-0.2, -0.15) is 0 Å². The fourth-order valence-electron chi connectivity index (χ4n) is 3.18. The summed E-state index contributed by atoms with van der Waals surface area (Å²) in [7, 11) is -2.13. The van der Waals surface area contributed by atoms with Gasteiger partial charge in [-0.25, -0.2) is 28.1 Å². The van der Waals surface area contributed by atoms with E-state index in [1.807, 2.05) is 18.3 Å². The molecule has 4 rings (SSSR count). The zero-order valence-electron chi connectivity index (χ0n) is 16.9. The third-order valence-corrected chi connectivity index (χ3v) is 6.15. The number of pyridine rings is 1. The number of anilines is 2. The second kappa shape index (κ2) is 9.21. The van der Waals surface area contributed by atoms with Gasteiger partial charge in [0.2, 0.25) is 16.0 Å². The molecule has 0 amide bonds. The molecule has 0 aliphatic heterocycles. The van der Waals surface area contributed by atoms with Crippen LogP contribution in [0, 0.1) is 0 Å². The predicted molar refractivity (Wildman–Crippen MR) is 119 cm³/mol. The number of hydrogen-bond donors (Lipinski definition) is 3. The summed E-state index contributed by atoms with van der Waals surface area (Å²) in [5, 5.41) is 3.98. The number of ether oxygens (including phenoxy) is 1. The number of aromatic amines is 1. The monoisotopic (exact) mass is 438 g/mol. The van der Waals surface area contributed by atoms with Gasteiger partial charge >= 0.3 is 0 Å². The third kappa shape index (κ3) is 4.71. The highest BCUT2D eigenvalue weighted by atomic mass is 32.2. The Morgan fingerprint density at radius 1 is 1.06 bits per heavy atom. The number of nitrogens with one attached hydrogen (secondary N) is 3. The number of aromatic nitrogens is 4. The van der Waals surface area contributed by atoms with Gasteiger partial charge < -0.3 is 15.0 Å². The molecule has 0 saturated carbocycles. The van der Waals surface area contributed by atoms with Crippen LogP contribution in [0.2, 0.25) is 0 Å². The maximum absolute atomic E-state index is 12.8. The summed E-state index contributed by atoms with van der Waals surface area (Å²) >= 11 is 0. The second-order valence-electron chi connectivity index (χ2n) is 6.73. The molecule has 9 nitrogen and oxygen atoms in total. The zero-order valence-corrected chi connectivity index (χ0v) is 17.7. The summed E-state index contributed by atoms with van der Waals surface area (Å²) in [4.78, 5) is 16.3. The summed E-state index contributed by atoms with van der Waals surface area (Å²) in [6, 6.07) is 12.3. The second-order valence-corrected chi connectivity index (χ2v) is 8.46. The van der Waals surface area contributed by atoms with Crippen molar-refractivity contribution in [3.05, 3.63) is 61.1 Å². The van der Waals surface area contributed by atoms with Crippen LogP contribution >= 0.6 is 0 Å². The van der Waals surface area contributed by atoms with Crippen LogP contribution in [-0.4, -0.2) is 48.6 Å². The Kier molecular flexibility index (Phi) is 6.21. The van der Waals surface area contributed by atoms with E-state index in [1.165, 1.54) is 6.07 Å². The molecule has 160 valence electrons. The quantitative estimate of drug-likeness (QED) is 0.343. The van der Waals surface area contributed by atoms with E-state index in [0.717, 1.165) is 16.6 Å². The minimum Gasteiger partial charge on any atom is -0.385 e. The normalized spacial score (nSPS) is 11.6. The van der Waals surface area contributed by atoms with Gasteiger partial charge in [-0.15, -0.1) is 0 Å². The first kappa shape index (κ1) is 20.9. The first-order valence-corrected chi connectivity index (χ1v) is 11.2. The molecule has 0 atom stereocenters. The minimum atomic E-state index is -3.71. The van der Waals surface area contributed by atoms with Crippen LogP contribution in [0.1, 0.15) is 6.42 Å². The summed E-state index contributed by atoms with van der Waals surface area (Å²) in [6.07, 6.45) is 5.74. The molecule has 3 aromatic heterocycles. The zero-order chi connectivity index (χ0) is 21.7. The summed E-state index contributed by atoms with van der Waals surface area (Å²) in [5.41, 5.74) is 2.75. The number of rotatable bonds is 9. The van der Waals surface area contributed by atoms with E-state index in [1.54, 1.807) is 43.8 Å². The Morgan fingerprint density at radius 3 is 2.77 bits per heavy atom. The fourth-order valence-corrected chi connectivity index (χ4v) is 4.41. The Labute approximate surface area is 180 Å². The van der Waals surface area contributed by atoms with Gasteiger partial charge in [0.1, 0.15) is 10.5 Å². The van der Waals surface area contributed by atoms with Crippen LogP contribution in [0.3, 0.4) is 0 Å². The average Bonchev–Trinajstić information content (AvgIpc) is 3.26. The summed E-state index contributed by atoms with van der Waals surface area (Å²) < 4.78 is 33.1. The van der Waals surface area contributed by atoms with Crippen molar-refractivity contribution in [1.29, 1.82) is 0 Å². The van der Waals surface area contributed by atoms with Crippen molar-refractivity contribution in [2.24, 2.45) is 0 Å². The molecule has 0 bridgehead atoms. The van der Waals surface area contributed by atoms with Crippen LogP contribution in [0.25, 0.3) is 22.3 Å². The fraction of sp³-hybridized carbons (Fsp3) is 0.190. The molecule has 0 unspecified atom stereocenters. The molecule has 0 aliphatic carbocycles. The van der Waals surface area contributed by atoms with Crippen LogP contribution < -0.4 is 10.0 Å². The molecule has 10 heteroatoms. The molecule has 31 heavy (non-hydrogen) atoms. The molecule has 1 aromatic carbocycles. The van der Waals surface area contributed by atoms with Crippen LogP contribution in [0.5, 0.6) is 0 Å². The number of para-hydroxylation sites is 1. The van der Waals surface area contributed by atoms with Crippen molar-refractivity contribution in [2.45, 2.75) is 11.3 Å². The molecule has 0 fully saturated rings. The van der Waals surface area contributed by atoms with Gasteiger partial charge in [0.25, 0.3) is 0 Å². The maximum Gasteiger partial charge on any atom is 0.242 e. The minimum absolute atomic E-state index is 0.123. The van der Waals surface area contributed by atoms with Crippen molar-refractivity contribution in [3.63, 3.8) is 0 Å². The average molecular weight is 439 g/mol. The van der Waals surface area contributed by atoms with Crippen molar-refractivity contribution in [3.8, 4) is 11.3 Å². The van der Waals surface area contributed by atoms with E-state index in [9.17, 15) is 8.42 Å². The third-order valence-electron chi connectivity index (χ3n) is 4.63. The molecule has 4 aromatic rings. The number of H-pyrrole nitrogens is 1. The molecule has 0 radical (unpaired) electrons. The van der Waals surface area contributed by atoms with E-state index < -0.39 is 10.0 Å². The van der Waals surface area contributed by atoms with Gasteiger partial charge in [-0.1, -0.05) is 12.1 Å². The SMILES string of the molecule is COCCCNS(=O)(=O)c1ccccc1Nc1nccc(-c2ccnc3[nH]ccc23)n1.